The molecule has 0 spiro atoms. The quantitative estimate of drug-likeness (QED) is 0.273. The summed E-state index contributed by atoms with van der Waals surface area (Å²) in [6.07, 6.45) is 2.61. The number of halogens is 2. The van der Waals surface area contributed by atoms with Crippen molar-refractivity contribution in [1.29, 1.82) is 0 Å². The van der Waals surface area contributed by atoms with Gasteiger partial charge in [-0.3, -0.25) is 4.79 Å². The lowest BCUT2D eigenvalue weighted by molar-refractivity contribution is -0.605. The highest BCUT2D eigenvalue weighted by Gasteiger charge is 2.08. The summed E-state index contributed by atoms with van der Waals surface area (Å²) in [5.74, 6) is 3.21. The Hall–Kier alpha value is -1.41. The van der Waals surface area contributed by atoms with E-state index >= 15 is 0 Å². The molecule has 6 nitrogen and oxygen atoms in total. The van der Waals surface area contributed by atoms with Crippen LogP contribution in [0.5, 0.6) is 0 Å². The van der Waals surface area contributed by atoms with Gasteiger partial charge in [0, 0.05) is 18.4 Å². The maximum Gasteiger partial charge on any atom is 1.00 e. The molecule has 25 heavy (non-hydrogen) atoms. The largest absolute Gasteiger partial charge is 1.00 e. The second-order valence-corrected chi connectivity index (χ2v) is 6.47. The van der Waals surface area contributed by atoms with Crippen LogP contribution < -0.4 is 34.9 Å². The number of nitrogens with zero attached hydrogens (tertiary/aromatic N) is 2. The summed E-state index contributed by atoms with van der Waals surface area (Å²) in [5, 5.41) is 13.9. The van der Waals surface area contributed by atoms with Gasteiger partial charge in [-0.15, -0.1) is 0 Å². The number of rotatable bonds is 8. The number of carbonyl (C=O) groups is 1. The number of carbonyl (C=O) groups excluding carboxylic acids is 1. The minimum Gasteiger partial charge on any atom is -1.00 e. The van der Waals surface area contributed by atoms with Crippen LogP contribution in [0.3, 0.4) is 0 Å². The Kier molecular flexibility index (Phi) is 11.3. The summed E-state index contributed by atoms with van der Waals surface area (Å²) in [7, 11) is 4.00. The van der Waals surface area contributed by atoms with E-state index in [1.807, 2.05) is 26.2 Å². The van der Waals surface area contributed by atoms with Crippen molar-refractivity contribution in [2.45, 2.75) is 12.3 Å². The molecule has 0 aliphatic carbocycles. The van der Waals surface area contributed by atoms with Crippen LogP contribution in [0.4, 0.5) is 0 Å². The Morgan fingerprint density at radius 1 is 1.32 bits per heavy atom. The van der Waals surface area contributed by atoms with Crippen LogP contribution in [0, 0.1) is 5.21 Å². The zero-order chi connectivity index (χ0) is 16.7. The van der Waals surface area contributed by atoms with Crippen molar-refractivity contribution in [1.82, 2.24) is 10.2 Å². The summed E-state index contributed by atoms with van der Waals surface area (Å²) >= 11 is 1.69. The van der Waals surface area contributed by atoms with Gasteiger partial charge in [-0.05, 0) is 32.3 Å². The van der Waals surface area contributed by atoms with Crippen molar-refractivity contribution in [2.75, 3.05) is 26.4 Å². The van der Waals surface area contributed by atoms with E-state index in [1.165, 1.54) is 12.4 Å². The van der Waals surface area contributed by atoms with Crippen LogP contribution in [-0.2, 0) is 12.3 Å². The van der Waals surface area contributed by atoms with Crippen LogP contribution in [0.15, 0.2) is 41.1 Å². The van der Waals surface area contributed by atoms with E-state index in [0.29, 0.717) is 16.8 Å². The number of pyridine rings is 1. The summed E-state index contributed by atoms with van der Waals surface area (Å²) in [6, 6.07) is 7.15. The molecular weight excluding hydrogens is 385 g/mol. The number of amides is 1. The lowest BCUT2D eigenvalue weighted by Crippen LogP contribution is -3.00. The number of furan rings is 1. The third-order valence-electron chi connectivity index (χ3n) is 3.00. The van der Waals surface area contributed by atoms with Crippen molar-refractivity contribution in [2.24, 2.45) is 0 Å². The van der Waals surface area contributed by atoms with E-state index in [4.69, 9.17) is 4.42 Å². The Balaban J connectivity index is -0.00000144. The Bertz CT molecular complexity index is 663. The average Bonchev–Trinajstić information content (AvgIpc) is 2.93. The smallest absolute Gasteiger partial charge is 1.00 e. The molecule has 0 saturated heterocycles. The number of nitrogens with one attached hydrogen (secondary N) is 1. The Morgan fingerprint density at radius 2 is 2.04 bits per heavy atom. The summed E-state index contributed by atoms with van der Waals surface area (Å²) in [6.45, 7) is 1.33. The summed E-state index contributed by atoms with van der Waals surface area (Å²) in [5.41, 5.74) is 0.367. The zero-order valence-electron chi connectivity index (χ0n) is 16.1. The van der Waals surface area contributed by atoms with E-state index in [1.54, 1.807) is 23.9 Å². The molecule has 2 heterocycles. The first-order chi connectivity index (χ1) is 11.0. The van der Waals surface area contributed by atoms with Gasteiger partial charge in [0.2, 0.25) is 0 Å². The molecule has 0 aliphatic rings. The third kappa shape index (κ3) is 8.49. The van der Waals surface area contributed by atoms with Gasteiger partial charge in [-0.25, -0.2) is 0 Å². The van der Waals surface area contributed by atoms with Crippen molar-refractivity contribution < 1.29 is 41.6 Å². The van der Waals surface area contributed by atoms with Gasteiger partial charge < -0.3 is 44.7 Å². The topological polar surface area (TPSA) is 72.4 Å². The van der Waals surface area contributed by atoms with Crippen LogP contribution in [-0.4, -0.2) is 37.2 Å². The monoisotopic (exact) mass is 407 g/mol. The third-order valence-corrected chi connectivity index (χ3v) is 3.98. The predicted octanol–water partition coefficient (Wildman–Crippen LogP) is -4.13. The Labute approximate surface area is 167 Å². The van der Waals surface area contributed by atoms with Crippen LogP contribution in [0.25, 0.3) is 0 Å². The first-order valence-electron chi connectivity index (χ1n) is 7.31. The van der Waals surface area contributed by atoms with Crippen molar-refractivity contribution in [3.8, 4) is 0 Å². The van der Waals surface area contributed by atoms with Gasteiger partial charge in [0.05, 0.1) is 12.3 Å². The van der Waals surface area contributed by atoms with Crippen molar-refractivity contribution in [3.05, 3.63) is 59.0 Å². The van der Waals surface area contributed by atoms with E-state index in [9.17, 15) is 10.0 Å². The lowest BCUT2D eigenvalue weighted by atomic mass is 10.3. The summed E-state index contributed by atoms with van der Waals surface area (Å²) in [4.78, 5) is 13.9. The maximum atomic E-state index is 11.8. The molecule has 0 radical (unpaired) electrons. The second-order valence-electron chi connectivity index (χ2n) is 5.37. The molecule has 0 atom stereocenters. The van der Waals surface area contributed by atoms with Crippen molar-refractivity contribution in [3.63, 3.8) is 0 Å². The predicted molar refractivity (Wildman–Crippen MR) is 92.2 cm³/mol. The standard InChI is InChI=1S/C16H21N3O3S.2ClH/c1-18(2)11-14-5-6-15(22-14)12-23-9-7-17-16(20)13-4-3-8-19(21)10-13;;/h3-6,8,10H,7,9,11-12H2,1-2H3,(H,17,20);2*1H. The van der Waals surface area contributed by atoms with Gasteiger partial charge in [-0.1, -0.05) is 0 Å². The highest BCUT2D eigenvalue weighted by atomic mass is 35.5. The Morgan fingerprint density at radius 3 is 2.72 bits per heavy atom. The fourth-order valence-electron chi connectivity index (χ4n) is 2.00. The van der Waals surface area contributed by atoms with Gasteiger partial charge in [-0.2, -0.15) is 16.5 Å². The van der Waals surface area contributed by atoms with Gasteiger partial charge in [0.1, 0.15) is 17.1 Å². The molecule has 0 saturated carbocycles. The van der Waals surface area contributed by atoms with Crippen molar-refractivity contribution >= 4 is 17.7 Å². The minimum absolute atomic E-state index is 0. The van der Waals surface area contributed by atoms with Gasteiger partial charge in [0.15, 0.2) is 12.4 Å². The molecule has 2 rings (SSSR count). The fraction of sp³-hybridized carbons (Fsp3) is 0.375. The normalized spacial score (nSPS) is 10.0. The van der Waals surface area contributed by atoms with E-state index in [-0.39, 0.29) is 33.6 Å². The number of aromatic nitrogens is 1. The minimum atomic E-state index is -0.234. The number of hydrogen-bond donors (Lipinski definition) is 1. The molecule has 2 aromatic heterocycles. The number of hydrogen-bond acceptors (Lipinski definition) is 5. The lowest BCUT2D eigenvalue weighted by Gasteiger charge is -2.06. The van der Waals surface area contributed by atoms with Crippen LogP contribution in [0.1, 0.15) is 24.7 Å². The van der Waals surface area contributed by atoms with E-state index in [0.717, 1.165) is 29.6 Å². The average molecular weight is 408 g/mol. The molecule has 0 fully saturated rings. The molecule has 2 aromatic rings. The molecular formula is C16H23Cl2N3O3S. The zero-order valence-corrected chi connectivity index (χ0v) is 16.4. The molecule has 0 unspecified atom stereocenters. The van der Waals surface area contributed by atoms with Gasteiger partial charge in [0.25, 0.3) is 5.91 Å². The highest BCUT2D eigenvalue weighted by Crippen LogP contribution is 2.15. The maximum absolute atomic E-state index is 11.8. The van der Waals surface area contributed by atoms with E-state index in [2.05, 4.69) is 10.2 Å². The molecule has 1 N–H and O–H groups in total. The molecule has 9 heteroatoms. The van der Waals surface area contributed by atoms with Gasteiger partial charge >= 0.3 is 2.85 Å². The SMILES string of the molecule is CN(C)Cc1ccc(CSCCNC(=O)c2ccc[n+]([O-])c2)o1.[Cl-].[Cl-].[H+].[H+]. The van der Waals surface area contributed by atoms with E-state index < -0.39 is 0 Å². The van der Waals surface area contributed by atoms with Crippen LogP contribution >= 0.6 is 11.8 Å². The molecule has 0 aliphatic heterocycles. The molecule has 0 bridgehead atoms. The van der Waals surface area contributed by atoms with Crippen LogP contribution in [0.2, 0.25) is 0 Å². The number of thioether (sulfide) groups is 1. The molecule has 1 amide bonds. The second kappa shape index (κ2) is 12.0. The first-order valence-corrected chi connectivity index (χ1v) is 8.47. The first kappa shape index (κ1) is 23.6. The summed E-state index contributed by atoms with van der Waals surface area (Å²) < 4.78 is 6.33. The molecule has 140 valence electrons. The fourth-order valence-corrected chi connectivity index (χ4v) is 2.74. The molecule has 0 aromatic carbocycles. The highest BCUT2D eigenvalue weighted by molar-refractivity contribution is 7.98.